The molecule has 0 saturated heterocycles. The Hall–Kier alpha value is -3.33. The maximum absolute atomic E-state index is 11.9. The van der Waals surface area contributed by atoms with Crippen molar-refractivity contribution >= 4 is 17.8 Å². The summed E-state index contributed by atoms with van der Waals surface area (Å²) in [5, 5.41) is 0. The maximum Gasteiger partial charge on any atom is 0.391 e. The minimum atomic E-state index is -0.705. The Morgan fingerprint density at radius 3 is 2.64 bits per heavy atom. The smallest absolute Gasteiger partial charge is 0.391 e. The molecule has 6 nitrogen and oxygen atoms in total. The molecule has 1 aromatic heterocycles. The lowest BCUT2D eigenvalue weighted by atomic mass is 10.1. The van der Waals surface area contributed by atoms with Crippen LogP contribution in [0.1, 0.15) is 11.1 Å². The zero-order chi connectivity index (χ0) is 18.2. The summed E-state index contributed by atoms with van der Waals surface area (Å²) < 4.78 is 9.74. The van der Waals surface area contributed by atoms with Crippen molar-refractivity contribution in [1.29, 1.82) is 0 Å². The van der Waals surface area contributed by atoms with E-state index in [9.17, 15) is 9.59 Å². The third-order valence-electron chi connectivity index (χ3n) is 3.34. The summed E-state index contributed by atoms with van der Waals surface area (Å²) in [6.45, 7) is 1.95. The number of likely N-dealkylation sites (N-methyl/N-ethyl adjacent to an activating group) is 1. The Morgan fingerprint density at radius 1 is 1.16 bits per heavy atom. The van der Waals surface area contributed by atoms with Crippen molar-refractivity contribution in [3.05, 3.63) is 53.6 Å². The summed E-state index contributed by atoms with van der Waals surface area (Å²) in [5.41, 5.74) is 1.74. The van der Waals surface area contributed by atoms with Crippen LogP contribution in [0.15, 0.2) is 42.5 Å². The Morgan fingerprint density at radius 2 is 1.92 bits per heavy atom. The summed E-state index contributed by atoms with van der Waals surface area (Å²) >= 11 is 0. The van der Waals surface area contributed by atoms with Gasteiger partial charge in [0, 0.05) is 24.6 Å². The van der Waals surface area contributed by atoms with Gasteiger partial charge in [-0.3, -0.25) is 4.79 Å². The monoisotopic (exact) mass is 338 g/mol. The highest BCUT2D eigenvalue weighted by Crippen LogP contribution is 2.14. The Bertz CT molecular complexity index is 837. The molecule has 1 heterocycles. The average molecular weight is 338 g/mol. The van der Waals surface area contributed by atoms with Gasteiger partial charge in [-0.25, -0.2) is 4.79 Å². The van der Waals surface area contributed by atoms with Gasteiger partial charge in [-0.05, 0) is 24.6 Å². The second-order valence-corrected chi connectivity index (χ2v) is 5.22. The fourth-order valence-corrected chi connectivity index (χ4v) is 1.96. The lowest BCUT2D eigenvalue weighted by Gasteiger charge is -2.16. The van der Waals surface area contributed by atoms with Crippen molar-refractivity contribution in [2.45, 2.75) is 6.92 Å². The first-order chi connectivity index (χ1) is 12.0. The number of carbonyl (C=O) groups excluding carboxylic acids is 2. The molecule has 2 aromatic rings. The van der Waals surface area contributed by atoms with Gasteiger partial charge in [0.05, 0.1) is 7.11 Å². The summed E-state index contributed by atoms with van der Waals surface area (Å²) in [6.07, 6.45) is 0. The van der Waals surface area contributed by atoms with E-state index in [1.165, 1.54) is 7.11 Å². The fourth-order valence-electron chi connectivity index (χ4n) is 1.96. The molecule has 0 N–H and O–H groups in total. The molecule has 0 aliphatic rings. The number of ether oxygens (including phenoxy) is 2. The number of carbonyl (C=O) groups is 2. The second kappa shape index (κ2) is 8.50. The predicted molar refractivity (Wildman–Crippen MR) is 93.2 cm³/mol. The minimum Gasteiger partial charge on any atom is -0.468 e. The third kappa shape index (κ3) is 5.36. The van der Waals surface area contributed by atoms with Crippen molar-refractivity contribution in [1.82, 2.24) is 4.98 Å². The molecule has 0 radical (unpaired) electrons. The lowest BCUT2D eigenvalue weighted by Crippen LogP contribution is -2.27. The number of methoxy groups -OCH3 is 1. The van der Waals surface area contributed by atoms with Gasteiger partial charge in [0.15, 0.2) is 0 Å². The van der Waals surface area contributed by atoms with Crippen LogP contribution >= 0.6 is 0 Å². The first-order valence-corrected chi connectivity index (χ1v) is 7.54. The van der Waals surface area contributed by atoms with E-state index in [4.69, 9.17) is 4.74 Å². The van der Waals surface area contributed by atoms with Gasteiger partial charge in [-0.15, -0.1) is 0 Å². The molecule has 0 spiro atoms. The van der Waals surface area contributed by atoms with E-state index in [1.54, 1.807) is 30.1 Å². The van der Waals surface area contributed by atoms with Crippen LogP contribution in [0.5, 0.6) is 5.88 Å². The van der Waals surface area contributed by atoms with E-state index in [0.717, 1.165) is 11.1 Å². The van der Waals surface area contributed by atoms with Crippen LogP contribution in [0, 0.1) is 18.8 Å². The zero-order valence-electron chi connectivity index (χ0n) is 14.3. The highest BCUT2D eigenvalue weighted by molar-refractivity contribution is 5.90. The Kier molecular flexibility index (Phi) is 6.13. The van der Waals surface area contributed by atoms with Crippen LogP contribution in [-0.4, -0.2) is 37.6 Å². The standard InChI is InChI=1S/C19H18N2O4/c1-14-7-4-5-8-15(14)11-12-18(22)25-17-10-6-9-16(20-17)21(2)13-19(23)24-3/h4-10H,13H2,1-3H3. The predicted octanol–water partition coefficient (Wildman–Crippen LogP) is 1.96. The molecule has 128 valence electrons. The number of aromatic nitrogens is 1. The van der Waals surface area contributed by atoms with Crippen molar-refractivity contribution in [3.63, 3.8) is 0 Å². The van der Waals surface area contributed by atoms with E-state index >= 15 is 0 Å². The van der Waals surface area contributed by atoms with Gasteiger partial charge in [0.2, 0.25) is 5.88 Å². The quantitative estimate of drug-likeness (QED) is 0.627. The van der Waals surface area contributed by atoms with Gasteiger partial charge in [-0.1, -0.05) is 30.2 Å². The number of hydrogen-bond acceptors (Lipinski definition) is 6. The van der Waals surface area contributed by atoms with Crippen LogP contribution in [0.25, 0.3) is 0 Å². The largest absolute Gasteiger partial charge is 0.468 e. The van der Waals surface area contributed by atoms with Gasteiger partial charge >= 0.3 is 11.9 Å². The SMILES string of the molecule is COC(=O)CN(C)c1cccc(OC(=O)C#Cc2ccccc2C)n1. The third-order valence-corrected chi connectivity index (χ3v) is 3.34. The first kappa shape index (κ1) is 18.0. The fraction of sp³-hybridized carbons (Fsp3) is 0.211. The molecule has 0 aliphatic carbocycles. The molecule has 6 heteroatoms. The van der Waals surface area contributed by atoms with Crippen LogP contribution in [0.2, 0.25) is 0 Å². The van der Waals surface area contributed by atoms with Gasteiger partial charge in [0.25, 0.3) is 0 Å². The molecule has 1 aromatic carbocycles. The normalized spacial score (nSPS) is 9.56. The van der Waals surface area contributed by atoms with E-state index in [1.807, 2.05) is 31.2 Å². The second-order valence-electron chi connectivity index (χ2n) is 5.22. The van der Waals surface area contributed by atoms with E-state index in [2.05, 4.69) is 21.6 Å². The number of aryl methyl sites for hydroxylation is 1. The Balaban J connectivity index is 2.06. The Labute approximate surface area is 146 Å². The minimum absolute atomic E-state index is 0.0357. The number of nitrogens with zero attached hydrogens (tertiary/aromatic N) is 2. The molecular formula is C19H18N2O4. The van der Waals surface area contributed by atoms with E-state index in [-0.39, 0.29) is 12.4 Å². The summed E-state index contributed by atoms with van der Waals surface area (Å²) in [6, 6.07) is 12.4. The molecular weight excluding hydrogens is 320 g/mol. The van der Waals surface area contributed by atoms with Crippen LogP contribution in [0.4, 0.5) is 5.82 Å². The molecule has 0 saturated carbocycles. The number of anilines is 1. The van der Waals surface area contributed by atoms with Crippen molar-refractivity contribution in [3.8, 4) is 17.7 Å². The molecule has 0 amide bonds. The van der Waals surface area contributed by atoms with Crippen LogP contribution < -0.4 is 9.64 Å². The topological polar surface area (TPSA) is 68.7 Å². The molecule has 0 aliphatic heterocycles. The zero-order valence-corrected chi connectivity index (χ0v) is 14.3. The molecule has 0 atom stereocenters. The number of rotatable bonds is 4. The van der Waals surface area contributed by atoms with Gasteiger partial charge in [-0.2, -0.15) is 4.98 Å². The average Bonchev–Trinajstić information content (AvgIpc) is 2.61. The maximum atomic E-state index is 11.9. The lowest BCUT2D eigenvalue weighted by molar-refractivity contribution is -0.139. The molecule has 2 rings (SSSR count). The number of benzene rings is 1. The summed E-state index contributed by atoms with van der Waals surface area (Å²) in [5.74, 6) is 4.71. The summed E-state index contributed by atoms with van der Waals surface area (Å²) in [4.78, 5) is 29.0. The van der Waals surface area contributed by atoms with Crippen LogP contribution in [0.3, 0.4) is 0 Å². The van der Waals surface area contributed by atoms with Crippen molar-refractivity contribution in [2.75, 3.05) is 25.6 Å². The highest BCUT2D eigenvalue weighted by Gasteiger charge is 2.10. The highest BCUT2D eigenvalue weighted by atomic mass is 16.5. The number of pyridine rings is 1. The van der Waals surface area contributed by atoms with Crippen molar-refractivity contribution < 1.29 is 19.1 Å². The number of hydrogen-bond donors (Lipinski definition) is 0. The summed E-state index contributed by atoms with van der Waals surface area (Å²) in [7, 11) is 3.00. The van der Waals surface area contributed by atoms with Gasteiger partial charge < -0.3 is 14.4 Å². The number of esters is 2. The molecule has 25 heavy (non-hydrogen) atoms. The van der Waals surface area contributed by atoms with E-state index < -0.39 is 11.9 Å². The van der Waals surface area contributed by atoms with Crippen LogP contribution in [-0.2, 0) is 14.3 Å². The van der Waals surface area contributed by atoms with E-state index in [0.29, 0.717) is 5.82 Å². The molecule has 0 bridgehead atoms. The first-order valence-electron chi connectivity index (χ1n) is 7.54. The van der Waals surface area contributed by atoms with Crippen molar-refractivity contribution in [2.24, 2.45) is 0 Å². The van der Waals surface area contributed by atoms with Gasteiger partial charge in [0.1, 0.15) is 12.4 Å². The molecule has 0 fully saturated rings. The molecule has 0 unspecified atom stereocenters.